The number of benzene rings is 2. The Labute approximate surface area is 131 Å². The molecule has 2 unspecified atom stereocenters. The van der Waals surface area contributed by atoms with Gasteiger partial charge in [-0.05, 0) is 24.1 Å². The van der Waals surface area contributed by atoms with Crippen molar-refractivity contribution in [3.05, 3.63) is 77.9 Å². The van der Waals surface area contributed by atoms with E-state index in [0.717, 1.165) is 11.1 Å². The number of amides is 1. The Morgan fingerprint density at radius 2 is 1.68 bits per heavy atom. The van der Waals surface area contributed by atoms with Crippen molar-refractivity contribution >= 4 is 12.0 Å². The molecule has 2 atom stereocenters. The van der Waals surface area contributed by atoms with Crippen LogP contribution in [0.3, 0.4) is 0 Å². The first-order chi connectivity index (χ1) is 10.6. The third-order valence-corrected chi connectivity index (χ3v) is 3.46. The molecule has 0 radical (unpaired) electrons. The summed E-state index contributed by atoms with van der Waals surface area (Å²) in [6.45, 7) is 1.81. The highest BCUT2D eigenvalue weighted by Gasteiger charge is 2.15. The predicted octanol–water partition coefficient (Wildman–Crippen LogP) is 2.81. The molecular weight excluding hydrogens is 274 g/mol. The molecule has 2 N–H and O–H groups in total. The molecule has 2 aromatic carbocycles. The lowest BCUT2D eigenvalue weighted by Crippen LogP contribution is -2.41. The van der Waals surface area contributed by atoms with Gasteiger partial charge in [0.25, 0.3) is 0 Å². The molecule has 2 rings (SSSR count). The lowest BCUT2D eigenvalue weighted by atomic mass is 10.0. The van der Waals surface area contributed by atoms with E-state index in [1.54, 1.807) is 6.08 Å². The number of nitrogens with one attached hydrogen (secondary N) is 1. The average molecular weight is 295 g/mol. The second-order valence-corrected chi connectivity index (χ2v) is 5.30. The van der Waals surface area contributed by atoms with Gasteiger partial charge in [-0.3, -0.25) is 4.79 Å². The molecule has 2 aromatic rings. The van der Waals surface area contributed by atoms with Gasteiger partial charge >= 0.3 is 0 Å². The van der Waals surface area contributed by atoms with Crippen molar-refractivity contribution in [2.45, 2.75) is 25.5 Å². The maximum atomic E-state index is 11.9. The SMILES string of the molecule is CC(NC(=O)/C=C/c1ccccc1)C(O)Cc1ccccc1. The van der Waals surface area contributed by atoms with E-state index < -0.39 is 6.10 Å². The van der Waals surface area contributed by atoms with Gasteiger partial charge in [0.1, 0.15) is 0 Å². The molecule has 1 amide bonds. The zero-order valence-corrected chi connectivity index (χ0v) is 12.6. The molecule has 0 aliphatic heterocycles. The van der Waals surface area contributed by atoms with E-state index in [-0.39, 0.29) is 11.9 Å². The fraction of sp³-hybridized carbons (Fsp3) is 0.211. The molecule has 0 aliphatic carbocycles. The van der Waals surface area contributed by atoms with Crippen molar-refractivity contribution in [2.24, 2.45) is 0 Å². The highest BCUT2D eigenvalue weighted by atomic mass is 16.3. The number of carbonyl (C=O) groups is 1. The Kier molecular flexibility index (Phi) is 5.92. The highest BCUT2D eigenvalue weighted by Crippen LogP contribution is 2.06. The van der Waals surface area contributed by atoms with Gasteiger partial charge < -0.3 is 10.4 Å². The van der Waals surface area contributed by atoms with Crippen molar-refractivity contribution in [3.8, 4) is 0 Å². The van der Waals surface area contributed by atoms with Crippen LogP contribution in [0.15, 0.2) is 66.7 Å². The summed E-state index contributed by atoms with van der Waals surface area (Å²) in [5.74, 6) is -0.205. The van der Waals surface area contributed by atoms with E-state index in [0.29, 0.717) is 6.42 Å². The van der Waals surface area contributed by atoms with E-state index in [1.165, 1.54) is 6.08 Å². The van der Waals surface area contributed by atoms with E-state index in [1.807, 2.05) is 67.6 Å². The molecule has 0 saturated carbocycles. The Bertz CT molecular complexity index is 608. The standard InChI is InChI=1S/C19H21NO2/c1-15(18(21)14-17-10-6-3-7-11-17)20-19(22)13-12-16-8-4-2-5-9-16/h2-13,15,18,21H,14H2,1H3,(H,20,22)/b13-12+. The summed E-state index contributed by atoms with van der Waals surface area (Å²) in [7, 11) is 0. The first kappa shape index (κ1) is 16.0. The van der Waals surface area contributed by atoms with Crippen LogP contribution < -0.4 is 5.32 Å². The zero-order chi connectivity index (χ0) is 15.8. The normalized spacial score (nSPS) is 13.7. The molecule has 114 valence electrons. The monoisotopic (exact) mass is 295 g/mol. The van der Waals surface area contributed by atoms with Gasteiger partial charge in [0.2, 0.25) is 5.91 Å². The molecule has 3 nitrogen and oxygen atoms in total. The quantitative estimate of drug-likeness (QED) is 0.805. The molecule has 0 saturated heterocycles. The minimum atomic E-state index is -0.614. The largest absolute Gasteiger partial charge is 0.391 e. The second-order valence-electron chi connectivity index (χ2n) is 5.30. The minimum absolute atomic E-state index is 0.205. The van der Waals surface area contributed by atoms with Crippen LogP contribution in [0.4, 0.5) is 0 Å². The number of rotatable bonds is 6. The molecule has 0 aromatic heterocycles. The van der Waals surface area contributed by atoms with E-state index >= 15 is 0 Å². The molecule has 22 heavy (non-hydrogen) atoms. The highest BCUT2D eigenvalue weighted by molar-refractivity contribution is 5.91. The van der Waals surface area contributed by atoms with Crippen LogP contribution in [-0.2, 0) is 11.2 Å². The van der Waals surface area contributed by atoms with Gasteiger partial charge in [-0.25, -0.2) is 0 Å². The summed E-state index contributed by atoms with van der Waals surface area (Å²) in [6.07, 6.45) is 3.15. The molecule has 0 heterocycles. The molecule has 3 heteroatoms. The number of carbonyl (C=O) groups excluding carboxylic acids is 1. The van der Waals surface area contributed by atoms with Gasteiger partial charge in [-0.1, -0.05) is 60.7 Å². The Morgan fingerprint density at radius 3 is 2.32 bits per heavy atom. The van der Waals surface area contributed by atoms with Crippen molar-refractivity contribution in [1.82, 2.24) is 5.32 Å². The number of hydrogen-bond donors (Lipinski definition) is 2. The van der Waals surface area contributed by atoms with E-state index in [4.69, 9.17) is 0 Å². The van der Waals surface area contributed by atoms with Crippen molar-refractivity contribution < 1.29 is 9.90 Å². The summed E-state index contributed by atoms with van der Waals surface area (Å²) in [5.41, 5.74) is 2.02. The number of hydrogen-bond acceptors (Lipinski definition) is 2. The number of aliphatic hydroxyl groups is 1. The van der Waals surface area contributed by atoms with E-state index in [9.17, 15) is 9.90 Å². The number of aliphatic hydroxyl groups excluding tert-OH is 1. The maximum absolute atomic E-state index is 11.9. The molecule has 0 fully saturated rings. The second kappa shape index (κ2) is 8.15. The van der Waals surface area contributed by atoms with Gasteiger partial charge in [0.05, 0.1) is 12.1 Å². The van der Waals surface area contributed by atoms with Crippen LogP contribution in [0.1, 0.15) is 18.1 Å². The molecular formula is C19H21NO2. The van der Waals surface area contributed by atoms with Gasteiger partial charge in [-0.2, -0.15) is 0 Å². The van der Waals surface area contributed by atoms with Gasteiger partial charge in [0, 0.05) is 12.5 Å². The van der Waals surface area contributed by atoms with Gasteiger partial charge in [-0.15, -0.1) is 0 Å². The topological polar surface area (TPSA) is 49.3 Å². The fourth-order valence-corrected chi connectivity index (χ4v) is 2.14. The van der Waals surface area contributed by atoms with Crippen molar-refractivity contribution in [1.29, 1.82) is 0 Å². The van der Waals surface area contributed by atoms with Crippen LogP contribution in [0, 0.1) is 0 Å². The third kappa shape index (κ3) is 5.19. The van der Waals surface area contributed by atoms with Crippen molar-refractivity contribution in [3.63, 3.8) is 0 Å². The minimum Gasteiger partial charge on any atom is -0.391 e. The predicted molar refractivity (Wildman–Crippen MR) is 89.2 cm³/mol. The lowest BCUT2D eigenvalue weighted by molar-refractivity contribution is -0.117. The summed E-state index contributed by atoms with van der Waals surface area (Å²) in [6, 6.07) is 19.1. The summed E-state index contributed by atoms with van der Waals surface area (Å²) in [4.78, 5) is 11.9. The fourth-order valence-electron chi connectivity index (χ4n) is 2.14. The lowest BCUT2D eigenvalue weighted by Gasteiger charge is -2.19. The van der Waals surface area contributed by atoms with Gasteiger partial charge in [0.15, 0.2) is 0 Å². The Balaban J connectivity index is 1.84. The average Bonchev–Trinajstić information content (AvgIpc) is 2.55. The first-order valence-electron chi connectivity index (χ1n) is 7.41. The molecule has 0 spiro atoms. The van der Waals surface area contributed by atoms with Crippen LogP contribution in [0.25, 0.3) is 6.08 Å². The van der Waals surface area contributed by atoms with Crippen LogP contribution in [-0.4, -0.2) is 23.2 Å². The first-order valence-corrected chi connectivity index (χ1v) is 7.41. The third-order valence-electron chi connectivity index (χ3n) is 3.46. The van der Waals surface area contributed by atoms with Crippen molar-refractivity contribution in [2.75, 3.05) is 0 Å². The molecule has 0 aliphatic rings. The summed E-state index contributed by atoms with van der Waals surface area (Å²) < 4.78 is 0. The summed E-state index contributed by atoms with van der Waals surface area (Å²) in [5, 5.41) is 13.0. The van der Waals surface area contributed by atoms with E-state index in [2.05, 4.69) is 5.32 Å². The van der Waals surface area contributed by atoms with Crippen LogP contribution >= 0.6 is 0 Å². The maximum Gasteiger partial charge on any atom is 0.244 e. The van der Waals surface area contributed by atoms with Crippen LogP contribution in [0.2, 0.25) is 0 Å². The van der Waals surface area contributed by atoms with Crippen LogP contribution in [0.5, 0.6) is 0 Å². The summed E-state index contributed by atoms with van der Waals surface area (Å²) >= 11 is 0. The Morgan fingerprint density at radius 1 is 1.09 bits per heavy atom. The molecule has 0 bridgehead atoms. The Hall–Kier alpha value is -2.39. The zero-order valence-electron chi connectivity index (χ0n) is 12.6. The smallest absolute Gasteiger partial charge is 0.244 e.